The average molecular weight is 313 g/mol. The van der Waals surface area contributed by atoms with Gasteiger partial charge in [-0.15, -0.1) is 0 Å². The zero-order chi connectivity index (χ0) is 15.6. The third kappa shape index (κ3) is 2.84. The van der Waals surface area contributed by atoms with E-state index in [1.165, 1.54) is 0 Å². The number of nitrogens with one attached hydrogen (secondary N) is 1. The smallest absolute Gasteiger partial charge is 0.230 e. The van der Waals surface area contributed by atoms with Crippen molar-refractivity contribution in [2.75, 3.05) is 26.2 Å². The van der Waals surface area contributed by atoms with Gasteiger partial charge in [-0.25, -0.2) is 0 Å². The molecule has 0 atom stereocenters. The van der Waals surface area contributed by atoms with Gasteiger partial charge in [0.25, 0.3) is 0 Å². The SMILES string of the molecule is O=C(C1CNC1)N1CCC(c2nc(-c3ccccn3)no2)CC1. The van der Waals surface area contributed by atoms with Crippen LogP contribution in [-0.2, 0) is 4.79 Å². The van der Waals surface area contributed by atoms with Crippen LogP contribution in [0.2, 0.25) is 0 Å². The van der Waals surface area contributed by atoms with E-state index in [9.17, 15) is 4.79 Å². The molecule has 2 aliphatic rings. The highest BCUT2D eigenvalue weighted by Crippen LogP contribution is 2.29. The van der Waals surface area contributed by atoms with Crippen LogP contribution in [0.25, 0.3) is 11.5 Å². The van der Waals surface area contributed by atoms with Crippen LogP contribution in [0, 0.1) is 5.92 Å². The Kier molecular flexibility index (Phi) is 3.78. The number of hydrogen-bond donors (Lipinski definition) is 1. The molecule has 1 amide bonds. The van der Waals surface area contributed by atoms with Gasteiger partial charge < -0.3 is 14.7 Å². The van der Waals surface area contributed by atoms with Crippen LogP contribution in [0.1, 0.15) is 24.7 Å². The number of nitrogens with zero attached hydrogens (tertiary/aromatic N) is 4. The van der Waals surface area contributed by atoms with Crippen molar-refractivity contribution in [1.29, 1.82) is 0 Å². The van der Waals surface area contributed by atoms with Crippen molar-refractivity contribution < 1.29 is 9.32 Å². The molecule has 4 heterocycles. The minimum absolute atomic E-state index is 0.172. The van der Waals surface area contributed by atoms with Gasteiger partial charge >= 0.3 is 0 Å². The highest BCUT2D eigenvalue weighted by Gasteiger charge is 2.33. The minimum Gasteiger partial charge on any atom is -0.342 e. The number of aromatic nitrogens is 3. The molecule has 0 bridgehead atoms. The van der Waals surface area contributed by atoms with Crippen molar-refractivity contribution in [2.24, 2.45) is 5.92 Å². The molecular formula is C16H19N5O2. The normalized spacial score (nSPS) is 19.6. The molecule has 2 fully saturated rings. The van der Waals surface area contributed by atoms with Gasteiger partial charge in [-0.1, -0.05) is 11.2 Å². The Balaban J connectivity index is 1.39. The van der Waals surface area contributed by atoms with Crippen LogP contribution >= 0.6 is 0 Å². The van der Waals surface area contributed by atoms with Gasteiger partial charge in [0.15, 0.2) is 0 Å². The molecule has 7 heteroatoms. The molecule has 2 aromatic heterocycles. The van der Waals surface area contributed by atoms with Crippen LogP contribution in [0.4, 0.5) is 0 Å². The largest absolute Gasteiger partial charge is 0.342 e. The third-order valence-corrected chi connectivity index (χ3v) is 4.62. The molecule has 0 unspecified atom stereocenters. The Morgan fingerprint density at radius 1 is 1.26 bits per heavy atom. The predicted molar refractivity (Wildman–Crippen MR) is 82.4 cm³/mol. The molecule has 0 spiro atoms. The second kappa shape index (κ2) is 6.08. The van der Waals surface area contributed by atoms with Gasteiger partial charge in [-0.05, 0) is 25.0 Å². The summed E-state index contributed by atoms with van der Waals surface area (Å²) >= 11 is 0. The molecule has 0 aliphatic carbocycles. The number of carbonyl (C=O) groups excluding carboxylic acids is 1. The average Bonchev–Trinajstić information content (AvgIpc) is 3.04. The Morgan fingerprint density at radius 2 is 2.09 bits per heavy atom. The van der Waals surface area contributed by atoms with E-state index in [0.717, 1.165) is 39.0 Å². The topological polar surface area (TPSA) is 84.2 Å². The summed E-state index contributed by atoms with van der Waals surface area (Å²) < 4.78 is 5.42. The van der Waals surface area contributed by atoms with Crippen molar-refractivity contribution in [2.45, 2.75) is 18.8 Å². The number of piperidine rings is 1. The first-order valence-corrected chi connectivity index (χ1v) is 8.06. The van der Waals surface area contributed by atoms with E-state index in [1.807, 2.05) is 23.1 Å². The van der Waals surface area contributed by atoms with E-state index >= 15 is 0 Å². The number of hydrogen-bond acceptors (Lipinski definition) is 6. The van der Waals surface area contributed by atoms with Crippen LogP contribution in [0.5, 0.6) is 0 Å². The van der Waals surface area contributed by atoms with E-state index in [-0.39, 0.29) is 17.7 Å². The van der Waals surface area contributed by atoms with Crippen molar-refractivity contribution in [3.63, 3.8) is 0 Å². The molecule has 1 N–H and O–H groups in total. The molecule has 120 valence electrons. The zero-order valence-electron chi connectivity index (χ0n) is 12.8. The number of amides is 1. The van der Waals surface area contributed by atoms with Crippen LogP contribution in [0.15, 0.2) is 28.9 Å². The minimum atomic E-state index is 0.172. The first-order chi connectivity index (χ1) is 11.3. The Hall–Kier alpha value is -2.28. The highest BCUT2D eigenvalue weighted by atomic mass is 16.5. The maximum absolute atomic E-state index is 12.2. The number of likely N-dealkylation sites (tertiary alicyclic amines) is 1. The lowest BCUT2D eigenvalue weighted by Crippen LogP contribution is -2.53. The highest BCUT2D eigenvalue weighted by molar-refractivity contribution is 5.80. The second-order valence-corrected chi connectivity index (χ2v) is 6.13. The Morgan fingerprint density at radius 3 is 2.74 bits per heavy atom. The fourth-order valence-corrected chi connectivity index (χ4v) is 3.07. The molecule has 0 saturated carbocycles. The Bertz CT molecular complexity index is 675. The third-order valence-electron chi connectivity index (χ3n) is 4.62. The fraction of sp³-hybridized carbons (Fsp3) is 0.500. The summed E-state index contributed by atoms with van der Waals surface area (Å²) in [7, 11) is 0. The monoisotopic (exact) mass is 313 g/mol. The standard InChI is InChI=1S/C16H19N5O2/c22-16(12-9-17-10-12)21-7-4-11(5-8-21)15-19-14(20-23-15)13-3-1-2-6-18-13/h1-3,6,11-12,17H,4-5,7-10H2. The van der Waals surface area contributed by atoms with Crippen molar-refractivity contribution in [3.05, 3.63) is 30.3 Å². The van der Waals surface area contributed by atoms with E-state index in [0.29, 0.717) is 17.4 Å². The van der Waals surface area contributed by atoms with Crippen molar-refractivity contribution in [1.82, 2.24) is 25.3 Å². The van der Waals surface area contributed by atoms with Crippen molar-refractivity contribution in [3.8, 4) is 11.5 Å². The first kappa shape index (κ1) is 14.3. The quantitative estimate of drug-likeness (QED) is 0.912. The lowest BCUT2D eigenvalue weighted by atomic mass is 9.94. The predicted octanol–water partition coefficient (Wildman–Crippen LogP) is 1.06. The maximum atomic E-state index is 12.2. The molecule has 4 rings (SSSR count). The summed E-state index contributed by atoms with van der Waals surface area (Å²) in [6.07, 6.45) is 3.45. The number of pyridine rings is 1. The zero-order valence-corrected chi connectivity index (χ0v) is 12.8. The van der Waals surface area contributed by atoms with Crippen molar-refractivity contribution >= 4 is 5.91 Å². The molecular weight excluding hydrogens is 294 g/mol. The van der Waals surface area contributed by atoms with Gasteiger partial charge in [0, 0.05) is 38.3 Å². The van der Waals surface area contributed by atoms with Crippen LogP contribution in [0.3, 0.4) is 0 Å². The van der Waals surface area contributed by atoms with E-state index in [4.69, 9.17) is 4.52 Å². The number of carbonyl (C=O) groups is 1. The van der Waals surface area contributed by atoms with E-state index in [1.54, 1.807) is 6.20 Å². The molecule has 7 nitrogen and oxygen atoms in total. The lowest BCUT2D eigenvalue weighted by molar-refractivity contribution is -0.138. The molecule has 2 aliphatic heterocycles. The summed E-state index contributed by atoms with van der Waals surface area (Å²) in [6, 6.07) is 5.62. The van der Waals surface area contributed by atoms with Gasteiger partial charge in [0.2, 0.25) is 17.6 Å². The molecule has 0 aromatic carbocycles. The summed E-state index contributed by atoms with van der Waals surface area (Å²) in [6.45, 7) is 3.16. The summed E-state index contributed by atoms with van der Waals surface area (Å²) in [5.74, 6) is 1.86. The van der Waals surface area contributed by atoms with E-state index < -0.39 is 0 Å². The molecule has 2 aromatic rings. The molecule has 2 saturated heterocycles. The maximum Gasteiger partial charge on any atom is 0.230 e. The molecule has 23 heavy (non-hydrogen) atoms. The summed E-state index contributed by atoms with van der Waals surface area (Å²) in [5, 5.41) is 7.18. The van der Waals surface area contributed by atoms with Gasteiger partial charge in [-0.2, -0.15) is 4.98 Å². The lowest BCUT2D eigenvalue weighted by Gasteiger charge is -2.36. The Labute approximate surface area is 134 Å². The summed E-state index contributed by atoms with van der Waals surface area (Å²) in [5.41, 5.74) is 0.715. The van der Waals surface area contributed by atoms with Gasteiger partial charge in [-0.3, -0.25) is 9.78 Å². The van der Waals surface area contributed by atoms with E-state index in [2.05, 4.69) is 20.4 Å². The number of rotatable bonds is 3. The van der Waals surface area contributed by atoms with Crippen LogP contribution in [-0.4, -0.2) is 52.1 Å². The first-order valence-electron chi connectivity index (χ1n) is 8.06. The van der Waals surface area contributed by atoms with Gasteiger partial charge in [0.1, 0.15) is 5.69 Å². The second-order valence-electron chi connectivity index (χ2n) is 6.13. The fourth-order valence-electron chi connectivity index (χ4n) is 3.07. The molecule has 0 radical (unpaired) electrons. The van der Waals surface area contributed by atoms with Crippen LogP contribution < -0.4 is 5.32 Å². The van der Waals surface area contributed by atoms with Gasteiger partial charge in [0.05, 0.1) is 5.92 Å². The summed E-state index contributed by atoms with van der Waals surface area (Å²) in [4.78, 5) is 22.9.